The lowest BCUT2D eigenvalue weighted by molar-refractivity contribution is -0.130. The molecule has 0 saturated heterocycles. The number of likely N-dealkylation sites (N-methyl/N-ethyl adjacent to an activating group) is 1. The Morgan fingerprint density at radius 1 is 1.43 bits per heavy atom. The molecule has 0 spiro atoms. The molecular weight excluding hydrogens is 176 g/mol. The topological polar surface area (TPSA) is 32.3 Å². The molecule has 0 heterocycles. The number of carbonyl (C=O) groups is 1. The molecule has 0 unspecified atom stereocenters. The van der Waals surface area contributed by atoms with Crippen molar-refractivity contribution in [3.8, 4) is 0 Å². The van der Waals surface area contributed by atoms with E-state index in [1.54, 1.807) is 0 Å². The molecule has 1 aliphatic rings. The van der Waals surface area contributed by atoms with E-state index in [1.165, 1.54) is 12.8 Å². The van der Waals surface area contributed by atoms with Gasteiger partial charge in [-0.1, -0.05) is 20.3 Å². The van der Waals surface area contributed by atoms with Gasteiger partial charge in [0.1, 0.15) is 0 Å². The number of hydrogen-bond donors (Lipinski definition) is 1. The molecular formula is C11H22N2O. The summed E-state index contributed by atoms with van der Waals surface area (Å²) in [6, 6.07) is 0.563. The third kappa shape index (κ3) is 3.66. The average Bonchev–Trinajstić information content (AvgIpc) is 2.99. The molecule has 3 heteroatoms. The van der Waals surface area contributed by atoms with Crippen molar-refractivity contribution in [2.45, 2.75) is 45.6 Å². The molecule has 1 saturated carbocycles. The van der Waals surface area contributed by atoms with Crippen LogP contribution in [-0.4, -0.2) is 36.5 Å². The van der Waals surface area contributed by atoms with Gasteiger partial charge >= 0.3 is 0 Å². The summed E-state index contributed by atoms with van der Waals surface area (Å²) in [7, 11) is 0. The minimum absolute atomic E-state index is 0.280. The Labute approximate surface area is 86.9 Å². The zero-order valence-electron chi connectivity index (χ0n) is 9.38. The van der Waals surface area contributed by atoms with Gasteiger partial charge in [0.05, 0.1) is 6.54 Å². The molecule has 1 N–H and O–H groups in total. The van der Waals surface area contributed by atoms with Crippen LogP contribution in [0.2, 0.25) is 0 Å². The lowest BCUT2D eigenvalue weighted by Gasteiger charge is -2.22. The average molecular weight is 198 g/mol. The Kier molecular flexibility index (Phi) is 4.94. The number of unbranched alkanes of at least 4 members (excludes halogenated alkanes) is 1. The van der Waals surface area contributed by atoms with Crippen molar-refractivity contribution in [2.24, 2.45) is 0 Å². The molecule has 0 radical (unpaired) electrons. The van der Waals surface area contributed by atoms with Crippen LogP contribution >= 0.6 is 0 Å². The van der Waals surface area contributed by atoms with Crippen LogP contribution in [0, 0.1) is 0 Å². The van der Waals surface area contributed by atoms with E-state index in [0.29, 0.717) is 12.6 Å². The smallest absolute Gasteiger partial charge is 0.236 e. The zero-order valence-corrected chi connectivity index (χ0v) is 9.38. The van der Waals surface area contributed by atoms with Gasteiger partial charge < -0.3 is 10.2 Å². The minimum atomic E-state index is 0.280. The third-order valence-corrected chi connectivity index (χ3v) is 2.59. The van der Waals surface area contributed by atoms with E-state index in [1.807, 2.05) is 6.92 Å². The van der Waals surface area contributed by atoms with Crippen LogP contribution < -0.4 is 5.32 Å². The van der Waals surface area contributed by atoms with Gasteiger partial charge in [0.2, 0.25) is 5.91 Å². The second-order valence-electron chi connectivity index (χ2n) is 3.95. The number of rotatable bonds is 7. The van der Waals surface area contributed by atoms with E-state index in [0.717, 1.165) is 25.9 Å². The van der Waals surface area contributed by atoms with Crippen LogP contribution in [-0.2, 0) is 4.79 Å². The highest BCUT2D eigenvalue weighted by Gasteiger charge is 2.31. The molecule has 1 aliphatic carbocycles. The fourth-order valence-electron chi connectivity index (χ4n) is 1.56. The van der Waals surface area contributed by atoms with Crippen molar-refractivity contribution in [3.63, 3.8) is 0 Å². The summed E-state index contributed by atoms with van der Waals surface area (Å²) in [6.45, 7) is 6.53. The lowest BCUT2D eigenvalue weighted by Crippen LogP contribution is -2.40. The summed E-state index contributed by atoms with van der Waals surface area (Å²) in [5.41, 5.74) is 0. The summed E-state index contributed by atoms with van der Waals surface area (Å²) >= 11 is 0. The van der Waals surface area contributed by atoms with Crippen LogP contribution in [0.3, 0.4) is 0 Å². The normalized spacial score (nSPS) is 15.6. The van der Waals surface area contributed by atoms with E-state index in [2.05, 4.69) is 17.1 Å². The molecule has 0 atom stereocenters. The number of carbonyl (C=O) groups excluding carboxylic acids is 1. The quantitative estimate of drug-likeness (QED) is 0.670. The first-order valence-electron chi connectivity index (χ1n) is 5.79. The largest absolute Gasteiger partial charge is 0.339 e. The predicted molar refractivity (Wildman–Crippen MR) is 58.2 cm³/mol. The maximum absolute atomic E-state index is 11.8. The van der Waals surface area contributed by atoms with Crippen molar-refractivity contribution in [1.29, 1.82) is 0 Å². The van der Waals surface area contributed by atoms with Gasteiger partial charge in [0.25, 0.3) is 0 Å². The van der Waals surface area contributed by atoms with Gasteiger partial charge in [0, 0.05) is 12.6 Å². The first-order chi connectivity index (χ1) is 6.79. The molecule has 0 aromatic heterocycles. The Hall–Kier alpha value is -0.570. The standard InChI is InChI=1S/C11H22N2O/c1-3-5-8-13(10-6-7-10)11(14)9-12-4-2/h10,12H,3-9H2,1-2H3. The Bertz CT molecular complexity index is 178. The Balaban J connectivity index is 2.28. The number of nitrogens with zero attached hydrogens (tertiary/aromatic N) is 1. The summed E-state index contributed by atoms with van der Waals surface area (Å²) in [4.78, 5) is 13.8. The molecule has 1 fully saturated rings. The summed E-state index contributed by atoms with van der Waals surface area (Å²) in [5, 5.41) is 3.10. The highest BCUT2D eigenvalue weighted by Crippen LogP contribution is 2.26. The third-order valence-electron chi connectivity index (χ3n) is 2.59. The van der Waals surface area contributed by atoms with Crippen molar-refractivity contribution in [1.82, 2.24) is 10.2 Å². The lowest BCUT2D eigenvalue weighted by atomic mass is 10.3. The highest BCUT2D eigenvalue weighted by atomic mass is 16.2. The fourth-order valence-corrected chi connectivity index (χ4v) is 1.56. The molecule has 14 heavy (non-hydrogen) atoms. The predicted octanol–water partition coefficient (Wildman–Crippen LogP) is 1.39. The van der Waals surface area contributed by atoms with Gasteiger partial charge in [-0.25, -0.2) is 0 Å². The fraction of sp³-hybridized carbons (Fsp3) is 0.909. The summed E-state index contributed by atoms with van der Waals surface area (Å²) in [6.07, 6.45) is 4.72. The number of nitrogens with one attached hydrogen (secondary N) is 1. The second-order valence-corrected chi connectivity index (χ2v) is 3.95. The zero-order chi connectivity index (χ0) is 10.4. The maximum atomic E-state index is 11.8. The number of amides is 1. The molecule has 3 nitrogen and oxygen atoms in total. The molecule has 0 aromatic carbocycles. The van der Waals surface area contributed by atoms with E-state index in [4.69, 9.17) is 0 Å². The molecule has 82 valence electrons. The van der Waals surface area contributed by atoms with E-state index < -0.39 is 0 Å². The Morgan fingerprint density at radius 3 is 2.64 bits per heavy atom. The number of hydrogen-bond acceptors (Lipinski definition) is 2. The maximum Gasteiger partial charge on any atom is 0.236 e. The Morgan fingerprint density at radius 2 is 2.14 bits per heavy atom. The van der Waals surface area contributed by atoms with Crippen LogP contribution in [0.5, 0.6) is 0 Å². The molecule has 1 rings (SSSR count). The first kappa shape index (κ1) is 11.5. The summed E-state index contributed by atoms with van der Waals surface area (Å²) < 4.78 is 0. The van der Waals surface area contributed by atoms with Gasteiger partial charge in [-0.05, 0) is 25.8 Å². The molecule has 0 bridgehead atoms. The van der Waals surface area contributed by atoms with E-state index >= 15 is 0 Å². The van der Waals surface area contributed by atoms with Crippen LogP contribution in [0.15, 0.2) is 0 Å². The highest BCUT2D eigenvalue weighted by molar-refractivity contribution is 5.78. The van der Waals surface area contributed by atoms with Crippen LogP contribution in [0.25, 0.3) is 0 Å². The second kappa shape index (κ2) is 6.02. The molecule has 0 aliphatic heterocycles. The molecule has 0 aromatic rings. The SMILES string of the molecule is CCCCN(C(=O)CNCC)C1CC1. The van der Waals surface area contributed by atoms with E-state index in [-0.39, 0.29) is 5.91 Å². The summed E-state index contributed by atoms with van der Waals surface area (Å²) in [5.74, 6) is 0.280. The van der Waals surface area contributed by atoms with Crippen LogP contribution in [0.1, 0.15) is 39.5 Å². The van der Waals surface area contributed by atoms with Crippen molar-refractivity contribution in [3.05, 3.63) is 0 Å². The van der Waals surface area contributed by atoms with Gasteiger partial charge in [-0.15, -0.1) is 0 Å². The first-order valence-corrected chi connectivity index (χ1v) is 5.79. The van der Waals surface area contributed by atoms with E-state index in [9.17, 15) is 4.79 Å². The van der Waals surface area contributed by atoms with Gasteiger partial charge in [-0.3, -0.25) is 4.79 Å². The molecule has 1 amide bonds. The van der Waals surface area contributed by atoms with Crippen LogP contribution in [0.4, 0.5) is 0 Å². The van der Waals surface area contributed by atoms with Gasteiger partial charge in [0.15, 0.2) is 0 Å². The van der Waals surface area contributed by atoms with Crippen molar-refractivity contribution >= 4 is 5.91 Å². The van der Waals surface area contributed by atoms with Crippen molar-refractivity contribution < 1.29 is 4.79 Å². The minimum Gasteiger partial charge on any atom is -0.339 e. The monoisotopic (exact) mass is 198 g/mol. The van der Waals surface area contributed by atoms with Gasteiger partial charge in [-0.2, -0.15) is 0 Å². The van der Waals surface area contributed by atoms with Crippen molar-refractivity contribution in [2.75, 3.05) is 19.6 Å².